The van der Waals surface area contributed by atoms with Crippen LogP contribution in [-0.2, 0) is 4.79 Å². The van der Waals surface area contributed by atoms with Crippen LogP contribution < -0.4 is 5.32 Å². The van der Waals surface area contributed by atoms with Crippen LogP contribution in [0.4, 0.5) is 0 Å². The van der Waals surface area contributed by atoms with Gasteiger partial charge in [-0.2, -0.15) is 5.26 Å². The van der Waals surface area contributed by atoms with Gasteiger partial charge in [-0.05, 0) is 43.4 Å². The van der Waals surface area contributed by atoms with Crippen molar-refractivity contribution in [2.24, 2.45) is 5.92 Å². The van der Waals surface area contributed by atoms with E-state index >= 15 is 0 Å². The maximum atomic E-state index is 12.6. The summed E-state index contributed by atoms with van der Waals surface area (Å²) in [5.41, 5.74) is 1.45. The summed E-state index contributed by atoms with van der Waals surface area (Å²) in [6, 6.07) is 5.91. The molecular formula is C19H26N4O. The molecule has 2 atom stereocenters. The quantitative estimate of drug-likeness (QED) is 0.903. The fraction of sp³-hybridized carbons (Fsp3) is 0.526. The van der Waals surface area contributed by atoms with E-state index in [9.17, 15) is 10.1 Å². The van der Waals surface area contributed by atoms with E-state index in [1.54, 1.807) is 13.1 Å². The molecule has 2 rings (SSSR count). The number of nitrogens with zero attached hydrogens (tertiary/aromatic N) is 3. The van der Waals surface area contributed by atoms with Crippen molar-refractivity contribution in [1.82, 2.24) is 15.2 Å². The Balaban J connectivity index is 2.05. The molecule has 2 unspecified atom stereocenters. The molecule has 0 saturated carbocycles. The number of pyridine rings is 1. The van der Waals surface area contributed by atoms with Crippen molar-refractivity contribution in [2.75, 3.05) is 13.1 Å². The second-order valence-corrected chi connectivity index (χ2v) is 6.86. The largest absolute Gasteiger partial charge is 0.336 e. The summed E-state index contributed by atoms with van der Waals surface area (Å²) in [5.74, 6) is -0.0500. The van der Waals surface area contributed by atoms with Crippen molar-refractivity contribution in [1.29, 1.82) is 5.26 Å². The van der Waals surface area contributed by atoms with Crippen LogP contribution in [0.15, 0.2) is 30.6 Å². The van der Waals surface area contributed by atoms with E-state index < -0.39 is 5.54 Å². The molecule has 5 nitrogen and oxygen atoms in total. The molecule has 2 heterocycles. The number of aromatic nitrogens is 1. The van der Waals surface area contributed by atoms with Crippen molar-refractivity contribution >= 4 is 11.5 Å². The van der Waals surface area contributed by atoms with Crippen molar-refractivity contribution in [3.63, 3.8) is 0 Å². The van der Waals surface area contributed by atoms with Gasteiger partial charge in [0.2, 0.25) is 5.91 Å². The lowest BCUT2D eigenvalue weighted by atomic mass is 9.89. The van der Waals surface area contributed by atoms with Crippen LogP contribution in [0.25, 0.3) is 5.57 Å². The van der Waals surface area contributed by atoms with E-state index in [0.29, 0.717) is 6.54 Å². The molecule has 0 bridgehead atoms. The first kappa shape index (κ1) is 18.2. The molecule has 0 radical (unpaired) electrons. The SMILES string of the molecule is CC(C(=O)NC(C)(C#N)C(C)C)N1CCC=C(c2cccnc2)C1. The first-order valence-corrected chi connectivity index (χ1v) is 8.44. The number of carbonyl (C=O) groups excluding carboxylic acids is 1. The number of rotatable bonds is 5. The molecule has 0 saturated heterocycles. The maximum absolute atomic E-state index is 12.6. The number of amides is 1. The molecule has 0 fully saturated rings. The van der Waals surface area contributed by atoms with Crippen LogP contribution in [0.1, 0.15) is 39.7 Å². The van der Waals surface area contributed by atoms with Crippen LogP contribution in [0.5, 0.6) is 0 Å². The lowest BCUT2D eigenvalue weighted by Gasteiger charge is -2.35. The van der Waals surface area contributed by atoms with Crippen molar-refractivity contribution in [3.8, 4) is 6.07 Å². The Morgan fingerprint density at radius 2 is 2.21 bits per heavy atom. The fourth-order valence-corrected chi connectivity index (χ4v) is 2.69. The molecule has 128 valence electrons. The Morgan fingerprint density at radius 1 is 1.46 bits per heavy atom. The number of carbonyl (C=O) groups is 1. The lowest BCUT2D eigenvalue weighted by Crippen LogP contribution is -2.55. The van der Waals surface area contributed by atoms with E-state index in [0.717, 1.165) is 18.5 Å². The highest BCUT2D eigenvalue weighted by atomic mass is 16.2. The Morgan fingerprint density at radius 3 is 2.79 bits per heavy atom. The summed E-state index contributed by atoms with van der Waals surface area (Å²) < 4.78 is 0. The van der Waals surface area contributed by atoms with Crippen LogP contribution in [-0.4, -0.2) is 40.5 Å². The van der Waals surface area contributed by atoms with Crippen LogP contribution in [0, 0.1) is 17.2 Å². The van der Waals surface area contributed by atoms with Crippen molar-refractivity contribution < 1.29 is 4.79 Å². The van der Waals surface area contributed by atoms with Gasteiger partial charge in [-0.25, -0.2) is 0 Å². The molecule has 0 spiro atoms. The van der Waals surface area contributed by atoms with Gasteiger partial charge < -0.3 is 5.32 Å². The standard InChI is InChI=1S/C19H26N4O/c1-14(2)19(4,13-20)22-18(24)15(3)23-10-6-8-17(12-23)16-7-5-9-21-11-16/h5,7-9,11,14-15H,6,10,12H2,1-4H3,(H,22,24). The summed E-state index contributed by atoms with van der Waals surface area (Å²) in [6.07, 6.45) is 6.73. The van der Waals surface area contributed by atoms with Crippen molar-refractivity contribution in [2.45, 2.75) is 45.7 Å². The lowest BCUT2D eigenvalue weighted by molar-refractivity contribution is -0.127. The predicted octanol–water partition coefficient (Wildman–Crippen LogP) is 2.61. The third kappa shape index (κ3) is 4.01. The minimum Gasteiger partial charge on any atom is -0.336 e. The van der Waals surface area contributed by atoms with Crippen LogP contribution >= 0.6 is 0 Å². The number of hydrogen-bond acceptors (Lipinski definition) is 4. The topological polar surface area (TPSA) is 69.0 Å². The summed E-state index contributed by atoms with van der Waals surface area (Å²) in [5, 5.41) is 12.3. The smallest absolute Gasteiger partial charge is 0.238 e. The molecule has 1 N–H and O–H groups in total. The van der Waals surface area contributed by atoms with Crippen molar-refractivity contribution in [3.05, 3.63) is 36.2 Å². The first-order valence-electron chi connectivity index (χ1n) is 8.44. The van der Waals surface area contributed by atoms with E-state index in [2.05, 4.69) is 27.3 Å². The second kappa shape index (κ2) is 7.59. The minimum absolute atomic E-state index is 0.0471. The van der Waals surface area contributed by atoms with E-state index in [1.165, 1.54) is 5.57 Å². The summed E-state index contributed by atoms with van der Waals surface area (Å²) in [7, 11) is 0. The van der Waals surface area contributed by atoms with Gasteiger partial charge in [0, 0.05) is 25.5 Å². The molecule has 1 aliphatic heterocycles. The predicted molar refractivity (Wildman–Crippen MR) is 94.9 cm³/mol. The van der Waals surface area contributed by atoms with Gasteiger partial charge in [0.15, 0.2) is 0 Å². The van der Waals surface area contributed by atoms with E-state index in [-0.39, 0.29) is 17.9 Å². The Kier molecular flexibility index (Phi) is 5.74. The average molecular weight is 326 g/mol. The zero-order valence-electron chi connectivity index (χ0n) is 14.9. The zero-order valence-corrected chi connectivity index (χ0v) is 14.9. The minimum atomic E-state index is -0.844. The third-order valence-electron chi connectivity index (χ3n) is 4.91. The van der Waals surface area contributed by atoms with Crippen LogP contribution in [0.3, 0.4) is 0 Å². The van der Waals surface area contributed by atoms with Gasteiger partial charge in [-0.1, -0.05) is 26.0 Å². The highest BCUT2D eigenvalue weighted by Gasteiger charge is 2.33. The second-order valence-electron chi connectivity index (χ2n) is 6.86. The Labute approximate surface area is 144 Å². The third-order valence-corrected chi connectivity index (χ3v) is 4.91. The summed E-state index contributed by atoms with van der Waals surface area (Å²) >= 11 is 0. The molecule has 1 aromatic heterocycles. The highest BCUT2D eigenvalue weighted by molar-refractivity contribution is 5.83. The number of hydrogen-bond donors (Lipinski definition) is 1. The molecule has 0 aromatic carbocycles. The number of nitriles is 1. The monoisotopic (exact) mass is 326 g/mol. The molecule has 5 heteroatoms. The summed E-state index contributed by atoms with van der Waals surface area (Å²) in [6.45, 7) is 9.12. The number of nitrogens with one attached hydrogen (secondary N) is 1. The highest BCUT2D eigenvalue weighted by Crippen LogP contribution is 2.22. The maximum Gasteiger partial charge on any atom is 0.238 e. The fourth-order valence-electron chi connectivity index (χ4n) is 2.69. The van der Waals surface area contributed by atoms with Crippen LogP contribution in [0.2, 0.25) is 0 Å². The average Bonchev–Trinajstić information content (AvgIpc) is 2.61. The molecule has 1 aromatic rings. The Hall–Kier alpha value is -2.19. The van der Waals surface area contributed by atoms with E-state index in [4.69, 9.17) is 0 Å². The first-order chi connectivity index (χ1) is 11.4. The molecule has 24 heavy (non-hydrogen) atoms. The van der Waals surface area contributed by atoms with Gasteiger partial charge >= 0.3 is 0 Å². The van der Waals surface area contributed by atoms with E-state index in [1.807, 2.05) is 39.1 Å². The molecular weight excluding hydrogens is 300 g/mol. The van der Waals surface area contributed by atoms with Gasteiger partial charge in [0.25, 0.3) is 0 Å². The Bertz CT molecular complexity index is 647. The molecule has 0 aliphatic carbocycles. The van der Waals surface area contributed by atoms with Gasteiger partial charge in [-0.15, -0.1) is 0 Å². The van der Waals surface area contributed by atoms with Gasteiger partial charge in [-0.3, -0.25) is 14.7 Å². The normalized spacial score (nSPS) is 19.1. The molecule has 1 aliphatic rings. The zero-order chi connectivity index (χ0) is 17.7. The molecule has 1 amide bonds. The van der Waals surface area contributed by atoms with Gasteiger partial charge in [0.05, 0.1) is 12.1 Å². The summed E-state index contributed by atoms with van der Waals surface area (Å²) in [4.78, 5) is 18.9. The van der Waals surface area contributed by atoms with Gasteiger partial charge in [0.1, 0.15) is 5.54 Å².